The van der Waals surface area contributed by atoms with Crippen LogP contribution in [0.2, 0.25) is 0 Å². The molecule has 1 aromatic heterocycles. The second-order valence-electron chi connectivity index (χ2n) is 2.47. The molecule has 2 N–H and O–H groups in total. The van der Waals surface area contributed by atoms with Crippen molar-refractivity contribution in [1.82, 2.24) is 15.2 Å². The van der Waals surface area contributed by atoms with Crippen molar-refractivity contribution in [3.63, 3.8) is 0 Å². The monoisotopic (exact) mass is 264 g/mol. The maximum Gasteiger partial charge on any atom is 1.00 e. The summed E-state index contributed by atoms with van der Waals surface area (Å²) in [5, 5.41) is 8.03. The van der Waals surface area contributed by atoms with Gasteiger partial charge in [-0.3, -0.25) is 10.1 Å². The fraction of sp³-hybridized carbons (Fsp3) is 0.400. The summed E-state index contributed by atoms with van der Waals surface area (Å²) in [7, 11) is -4.62. The summed E-state index contributed by atoms with van der Waals surface area (Å²) in [5.41, 5.74) is 0. The van der Waals surface area contributed by atoms with Gasteiger partial charge in [0.15, 0.2) is 0 Å². The maximum absolute atomic E-state index is 11.0. The van der Waals surface area contributed by atoms with Crippen LogP contribution < -0.4 is 74.2 Å². The summed E-state index contributed by atoms with van der Waals surface area (Å²) in [6.45, 7) is 0. The van der Waals surface area contributed by atoms with Crippen LogP contribution >= 0.6 is 7.60 Å². The number of carbonyl (C=O) groups excluding carboxylic acids is 1. The van der Waals surface area contributed by atoms with Crippen LogP contribution in [-0.4, -0.2) is 27.3 Å². The third-order valence-electron chi connectivity index (χ3n) is 1.29. The number of aromatic nitrogens is 3. The van der Waals surface area contributed by atoms with Crippen LogP contribution in [-0.2, 0) is 9.36 Å². The minimum absolute atomic E-state index is 0. The van der Waals surface area contributed by atoms with Crippen molar-refractivity contribution >= 4 is 19.5 Å². The smallest absolute Gasteiger partial charge is 0.811 e. The van der Waals surface area contributed by atoms with Crippen LogP contribution in [0.4, 0.5) is 5.95 Å². The third kappa shape index (κ3) is 8.86. The van der Waals surface area contributed by atoms with Gasteiger partial charge in [-0.05, 0) is 6.16 Å². The minimum atomic E-state index is -4.62. The molecule has 0 fully saturated rings. The van der Waals surface area contributed by atoms with E-state index in [0.29, 0.717) is 0 Å². The largest absolute Gasteiger partial charge is 1.00 e. The molecule has 0 unspecified atom stereocenters. The summed E-state index contributed by atoms with van der Waals surface area (Å²) in [4.78, 5) is 34.9. The first kappa shape index (κ1) is 19.1. The molecule has 78 valence electrons. The van der Waals surface area contributed by atoms with E-state index in [2.05, 4.69) is 20.5 Å². The topological polar surface area (TPSA) is 134 Å². The van der Waals surface area contributed by atoms with Gasteiger partial charge in [0.2, 0.25) is 11.9 Å². The van der Waals surface area contributed by atoms with E-state index in [9.17, 15) is 19.1 Å². The molecule has 0 aliphatic carbocycles. The fourth-order valence-corrected chi connectivity index (χ4v) is 1.18. The van der Waals surface area contributed by atoms with Gasteiger partial charge >= 0.3 is 59.1 Å². The zero-order valence-electron chi connectivity index (χ0n) is 8.97. The van der Waals surface area contributed by atoms with Crippen molar-refractivity contribution in [2.45, 2.75) is 6.42 Å². The van der Waals surface area contributed by atoms with E-state index in [4.69, 9.17) is 0 Å². The van der Waals surface area contributed by atoms with Gasteiger partial charge in [-0.1, -0.05) is 7.60 Å². The number of H-pyrrole nitrogens is 1. The summed E-state index contributed by atoms with van der Waals surface area (Å²) in [6.07, 6.45) is 0.0969. The Balaban J connectivity index is 0. The van der Waals surface area contributed by atoms with E-state index >= 15 is 0 Å². The predicted molar refractivity (Wildman–Crippen MR) is 42.1 cm³/mol. The molecule has 1 amide bonds. The number of hydrogen-bond acceptors (Lipinski definition) is 6. The average Bonchev–Trinajstić information content (AvgIpc) is 2.52. The first-order valence-electron chi connectivity index (χ1n) is 3.64. The van der Waals surface area contributed by atoms with Crippen LogP contribution in [0, 0.1) is 0 Å². The summed E-state index contributed by atoms with van der Waals surface area (Å²) in [5.74, 6) is -0.490. The molecule has 1 heterocycles. The van der Waals surface area contributed by atoms with Gasteiger partial charge in [0.25, 0.3) is 0 Å². The van der Waals surface area contributed by atoms with Gasteiger partial charge < -0.3 is 14.4 Å². The zero-order chi connectivity index (χ0) is 10.6. The number of rotatable bonds is 4. The molecular weight excluding hydrogens is 257 g/mol. The normalized spacial score (nSPS) is 9.88. The van der Waals surface area contributed by atoms with E-state index in [-0.39, 0.29) is 71.5 Å². The fourth-order valence-electron chi connectivity index (χ4n) is 0.699. The molecule has 1 rings (SSSR count). The zero-order valence-corrected chi connectivity index (χ0v) is 13.9. The van der Waals surface area contributed by atoms with Gasteiger partial charge in [-0.2, -0.15) is 10.1 Å². The van der Waals surface area contributed by atoms with E-state index < -0.39 is 19.7 Å². The number of aromatic amines is 1. The molecule has 0 aliphatic heterocycles. The van der Waals surface area contributed by atoms with Crippen LogP contribution in [0.1, 0.15) is 6.42 Å². The van der Waals surface area contributed by atoms with Crippen molar-refractivity contribution in [2.24, 2.45) is 0 Å². The second-order valence-corrected chi connectivity index (χ2v) is 4.14. The molecule has 11 heteroatoms. The minimum Gasteiger partial charge on any atom is -0.811 e. The van der Waals surface area contributed by atoms with Gasteiger partial charge in [0.05, 0.1) is 0 Å². The first-order chi connectivity index (χ1) is 6.47. The van der Waals surface area contributed by atoms with Gasteiger partial charge in [0, 0.05) is 6.42 Å². The van der Waals surface area contributed by atoms with Crippen LogP contribution in [0.5, 0.6) is 0 Å². The standard InChI is InChI=1S/C5H9N4O4P.2Na/c10-4(1-2-14(11,12)13)8-5-6-3-7-9-5;;/h3H,1-2H2,(H2,11,12,13)(H2,6,7,8,9,10);;/q;2*+1/p-2. The van der Waals surface area contributed by atoms with Crippen LogP contribution in [0.3, 0.4) is 0 Å². The molecule has 0 spiro atoms. The Morgan fingerprint density at radius 1 is 1.50 bits per heavy atom. The molecule has 0 aromatic carbocycles. The van der Waals surface area contributed by atoms with Crippen LogP contribution in [0.25, 0.3) is 0 Å². The molecule has 0 atom stereocenters. The van der Waals surface area contributed by atoms with Crippen molar-refractivity contribution in [1.29, 1.82) is 0 Å². The molecule has 0 aliphatic rings. The van der Waals surface area contributed by atoms with E-state index in [1.54, 1.807) is 0 Å². The SMILES string of the molecule is O=C(CCP(=O)([O-])[O-])Nc1ncn[nH]1.[Na+].[Na+]. The molecule has 0 saturated carbocycles. The maximum atomic E-state index is 11.0. The molecule has 0 bridgehead atoms. The van der Waals surface area contributed by atoms with Crippen molar-refractivity contribution in [2.75, 3.05) is 11.5 Å². The number of nitrogens with one attached hydrogen (secondary N) is 2. The Morgan fingerprint density at radius 3 is 2.56 bits per heavy atom. The number of nitrogens with zero attached hydrogens (tertiary/aromatic N) is 2. The van der Waals surface area contributed by atoms with Crippen molar-refractivity contribution < 1.29 is 78.3 Å². The first-order valence-corrected chi connectivity index (χ1v) is 5.36. The summed E-state index contributed by atoms with van der Waals surface area (Å²) < 4.78 is 10.2. The second kappa shape index (κ2) is 8.79. The molecule has 1 aromatic rings. The number of carbonyl (C=O) groups is 1. The Morgan fingerprint density at radius 2 is 2.12 bits per heavy atom. The van der Waals surface area contributed by atoms with Gasteiger partial charge in [0.1, 0.15) is 6.33 Å². The number of anilines is 1. The summed E-state index contributed by atoms with van der Waals surface area (Å²) >= 11 is 0. The van der Waals surface area contributed by atoms with Gasteiger partial charge in [-0.15, -0.1) is 0 Å². The molecular formula is C5H7N4Na2O4P. The molecule has 16 heavy (non-hydrogen) atoms. The van der Waals surface area contributed by atoms with Crippen LogP contribution in [0.15, 0.2) is 6.33 Å². The number of hydrogen-bond donors (Lipinski definition) is 2. The Labute approximate surface area is 136 Å². The Bertz CT molecular complexity index is 353. The average molecular weight is 264 g/mol. The van der Waals surface area contributed by atoms with Crippen molar-refractivity contribution in [3.05, 3.63) is 6.33 Å². The van der Waals surface area contributed by atoms with Gasteiger partial charge in [-0.25, -0.2) is 5.10 Å². The van der Waals surface area contributed by atoms with E-state index in [1.165, 1.54) is 6.33 Å². The quantitative estimate of drug-likeness (QED) is 0.409. The van der Waals surface area contributed by atoms with E-state index in [0.717, 1.165) is 0 Å². The molecule has 0 saturated heterocycles. The Kier molecular flexibility index (Phi) is 10.5. The number of amides is 1. The van der Waals surface area contributed by atoms with E-state index in [1.807, 2.05) is 0 Å². The molecule has 8 nitrogen and oxygen atoms in total. The van der Waals surface area contributed by atoms with Crippen molar-refractivity contribution in [3.8, 4) is 0 Å². The predicted octanol–water partition coefficient (Wildman–Crippen LogP) is -7.95. The summed E-state index contributed by atoms with van der Waals surface area (Å²) in [6, 6.07) is 0. The Hall–Kier alpha value is 0.760. The molecule has 0 radical (unpaired) electrons. The third-order valence-corrected chi connectivity index (χ3v) is 2.06.